The van der Waals surface area contributed by atoms with E-state index in [-0.39, 0.29) is 11.7 Å². The van der Waals surface area contributed by atoms with Gasteiger partial charge in [-0.3, -0.25) is 4.79 Å². The van der Waals surface area contributed by atoms with Crippen LogP contribution in [0, 0.1) is 19.7 Å². The zero-order valence-corrected chi connectivity index (χ0v) is 13.4. The zero-order valence-electron chi connectivity index (χ0n) is 11.8. The highest BCUT2D eigenvalue weighted by Crippen LogP contribution is 2.23. The van der Waals surface area contributed by atoms with Crippen molar-refractivity contribution >= 4 is 27.5 Å². The number of aryl methyl sites for hydroxylation is 2. The molecule has 3 N–H and O–H groups in total. The summed E-state index contributed by atoms with van der Waals surface area (Å²) in [6.07, 6.45) is 0. The van der Waals surface area contributed by atoms with Crippen molar-refractivity contribution in [1.82, 2.24) is 5.32 Å². The molecule has 0 bridgehead atoms. The van der Waals surface area contributed by atoms with E-state index in [1.54, 1.807) is 44.2 Å². The summed E-state index contributed by atoms with van der Waals surface area (Å²) >= 11 is 3.30. The predicted molar refractivity (Wildman–Crippen MR) is 85.6 cm³/mol. The van der Waals surface area contributed by atoms with Crippen LogP contribution in [0.4, 0.5) is 10.1 Å². The number of carbonyl (C=O) groups excluding carboxylic acids is 1. The molecule has 1 amide bonds. The minimum absolute atomic E-state index is 0.205. The van der Waals surface area contributed by atoms with Crippen molar-refractivity contribution in [2.75, 3.05) is 5.73 Å². The van der Waals surface area contributed by atoms with Crippen LogP contribution in [0.15, 0.2) is 34.8 Å². The number of hydrogen-bond donors (Lipinski definition) is 2. The maximum absolute atomic E-state index is 13.6. The van der Waals surface area contributed by atoms with Crippen LogP contribution in [0.1, 0.15) is 27.0 Å². The first-order chi connectivity index (χ1) is 9.90. The monoisotopic (exact) mass is 350 g/mol. The van der Waals surface area contributed by atoms with Crippen LogP contribution in [-0.2, 0) is 6.54 Å². The molecule has 0 aliphatic rings. The molecular weight excluding hydrogens is 335 g/mol. The van der Waals surface area contributed by atoms with Gasteiger partial charge in [-0.25, -0.2) is 4.39 Å². The normalized spacial score (nSPS) is 10.5. The Morgan fingerprint density at radius 1 is 1.29 bits per heavy atom. The Morgan fingerprint density at radius 3 is 2.52 bits per heavy atom. The van der Waals surface area contributed by atoms with E-state index in [9.17, 15) is 9.18 Å². The lowest BCUT2D eigenvalue weighted by Crippen LogP contribution is -2.23. The summed E-state index contributed by atoms with van der Waals surface area (Å²) < 4.78 is 14.1. The van der Waals surface area contributed by atoms with E-state index in [4.69, 9.17) is 5.73 Å². The fraction of sp³-hybridized carbons (Fsp3) is 0.188. The average Bonchev–Trinajstić information content (AvgIpc) is 2.45. The van der Waals surface area contributed by atoms with Crippen LogP contribution >= 0.6 is 15.9 Å². The summed E-state index contributed by atoms with van der Waals surface area (Å²) in [5.41, 5.74) is 8.75. The molecule has 0 saturated carbocycles. The third-order valence-electron chi connectivity index (χ3n) is 3.22. The number of halogens is 2. The van der Waals surface area contributed by atoms with Crippen LogP contribution in [0.2, 0.25) is 0 Å². The van der Waals surface area contributed by atoms with Crippen molar-refractivity contribution in [3.63, 3.8) is 0 Å². The molecule has 5 heteroatoms. The van der Waals surface area contributed by atoms with E-state index in [1.807, 2.05) is 0 Å². The second-order valence-corrected chi connectivity index (χ2v) is 5.73. The molecular formula is C16H16BrFN2O. The number of amides is 1. The summed E-state index contributed by atoms with van der Waals surface area (Å²) in [5, 5.41) is 2.81. The van der Waals surface area contributed by atoms with E-state index in [2.05, 4.69) is 21.2 Å². The molecule has 0 saturated heterocycles. The molecule has 0 atom stereocenters. The van der Waals surface area contributed by atoms with Crippen LogP contribution < -0.4 is 11.1 Å². The van der Waals surface area contributed by atoms with E-state index in [0.717, 1.165) is 5.56 Å². The number of benzene rings is 2. The van der Waals surface area contributed by atoms with Crippen LogP contribution in [0.5, 0.6) is 0 Å². The van der Waals surface area contributed by atoms with Crippen molar-refractivity contribution in [3.05, 3.63) is 62.9 Å². The second-order valence-electron chi connectivity index (χ2n) is 4.94. The molecule has 0 fully saturated rings. The van der Waals surface area contributed by atoms with Gasteiger partial charge in [0.2, 0.25) is 0 Å². The van der Waals surface area contributed by atoms with Gasteiger partial charge >= 0.3 is 0 Å². The van der Waals surface area contributed by atoms with Crippen LogP contribution in [0.3, 0.4) is 0 Å². The van der Waals surface area contributed by atoms with Gasteiger partial charge in [0.05, 0.1) is 10.0 Å². The Morgan fingerprint density at radius 2 is 1.90 bits per heavy atom. The first-order valence-corrected chi connectivity index (χ1v) is 7.27. The minimum atomic E-state index is -0.228. The molecule has 0 heterocycles. The highest BCUT2D eigenvalue weighted by atomic mass is 79.9. The van der Waals surface area contributed by atoms with Gasteiger partial charge in [-0.1, -0.05) is 18.2 Å². The van der Waals surface area contributed by atoms with Crippen LogP contribution in [-0.4, -0.2) is 5.91 Å². The van der Waals surface area contributed by atoms with E-state index >= 15 is 0 Å². The Balaban J connectivity index is 2.13. The Kier molecular flexibility index (Phi) is 4.63. The summed E-state index contributed by atoms with van der Waals surface area (Å²) in [4.78, 5) is 12.2. The zero-order chi connectivity index (χ0) is 15.6. The number of rotatable bonds is 3. The topological polar surface area (TPSA) is 55.1 Å². The van der Waals surface area contributed by atoms with Crippen molar-refractivity contribution in [1.29, 1.82) is 0 Å². The van der Waals surface area contributed by atoms with Crippen molar-refractivity contribution in [2.24, 2.45) is 0 Å². The van der Waals surface area contributed by atoms with Crippen molar-refractivity contribution in [2.45, 2.75) is 20.4 Å². The number of carbonyl (C=O) groups is 1. The van der Waals surface area contributed by atoms with E-state index in [0.29, 0.717) is 33.4 Å². The van der Waals surface area contributed by atoms with Crippen LogP contribution in [0.25, 0.3) is 0 Å². The smallest absolute Gasteiger partial charge is 0.252 e. The molecule has 2 rings (SSSR count). The van der Waals surface area contributed by atoms with E-state index in [1.165, 1.54) is 0 Å². The number of hydrogen-bond acceptors (Lipinski definition) is 2. The average molecular weight is 351 g/mol. The maximum Gasteiger partial charge on any atom is 0.252 e. The lowest BCUT2D eigenvalue weighted by molar-refractivity contribution is 0.0950. The lowest BCUT2D eigenvalue weighted by atomic mass is 10.1. The summed E-state index contributed by atoms with van der Waals surface area (Å²) in [6.45, 7) is 3.76. The predicted octanol–water partition coefficient (Wildman–Crippen LogP) is 3.72. The molecule has 110 valence electrons. The molecule has 21 heavy (non-hydrogen) atoms. The lowest BCUT2D eigenvalue weighted by Gasteiger charge is -2.10. The molecule has 0 radical (unpaired) electrons. The number of nitrogens with one attached hydrogen (secondary N) is 1. The largest absolute Gasteiger partial charge is 0.398 e. The fourth-order valence-electron chi connectivity index (χ4n) is 2.14. The molecule has 2 aromatic rings. The Bertz CT molecular complexity index is 678. The van der Waals surface area contributed by atoms with Gasteiger partial charge in [-0.2, -0.15) is 0 Å². The van der Waals surface area contributed by atoms with Gasteiger partial charge in [0.1, 0.15) is 5.82 Å². The third kappa shape index (κ3) is 3.42. The van der Waals surface area contributed by atoms with E-state index < -0.39 is 0 Å². The quantitative estimate of drug-likeness (QED) is 0.829. The molecule has 0 aromatic heterocycles. The molecule has 0 spiro atoms. The van der Waals surface area contributed by atoms with Crippen molar-refractivity contribution < 1.29 is 9.18 Å². The maximum atomic E-state index is 13.6. The van der Waals surface area contributed by atoms with Gasteiger partial charge in [0.15, 0.2) is 0 Å². The summed E-state index contributed by atoms with van der Waals surface area (Å²) in [6, 6.07) is 8.60. The Hall–Kier alpha value is -1.88. The molecule has 3 nitrogen and oxygen atoms in total. The molecule has 2 aromatic carbocycles. The third-order valence-corrected chi connectivity index (χ3v) is 4.11. The van der Waals surface area contributed by atoms with Gasteiger partial charge in [0.25, 0.3) is 5.91 Å². The number of nitrogens with two attached hydrogens (primary N) is 1. The summed E-state index contributed by atoms with van der Waals surface area (Å²) in [7, 11) is 0. The fourth-order valence-corrected chi connectivity index (χ4v) is 2.58. The first-order valence-electron chi connectivity index (χ1n) is 6.48. The second kappa shape index (κ2) is 6.26. The van der Waals surface area contributed by atoms with Gasteiger partial charge < -0.3 is 11.1 Å². The number of anilines is 1. The SMILES string of the molecule is Cc1cc(CNC(=O)c2cccc(N)c2Br)cc(C)c1F. The minimum Gasteiger partial charge on any atom is -0.398 e. The van der Waals surface area contributed by atoms with Gasteiger partial charge in [0, 0.05) is 12.2 Å². The van der Waals surface area contributed by atoms with Crippen molar-refractivity contribution in [3.8, 4) is 0 Å². The first kappa shape index (κ1) is 15.5. The molecule has 0 aliphatic heterocycles. The highest BCUT2D eigenvalue weighted by Gasteiger charge is 2.12. The van der Waals surface area contributed by atoms with Gasteiger partial charge in [-0.05, 0) is 58.6 Å². The standard InChI is InChI=1S/C16H16BrFN2O/c1-9-6-11(7-10(2)15(9)18)8-20-16(21)12-4-3-5-13(19)14(12)17/h3-7H,8,19H2,1-2H3,(H,20,21). The highest BCUT2D eigenvalue weighted by molar-refractivity contribution is 9.10. The van der Waals surface area contributed by atoms with Gasteiger partial charge in [-0.15, -0.1) is 0 Å². The summed E-state index contributed by atoms with van der Waals surface area (Å²) in [5.74, 6) is -0.433. The molecule has 0 unspecified atom stereocenters. The number of nitrogen functional groups attached to an aromatic ring is 1. The molecule has 0 aliphatic carbocycles. The Labute approximate surface area is 131 Å².